The van der Waals surface area contributed by atoms with Crippen molar-refractivity contribution in [3.63, 3.8) is 0 Å². The number of carbonyl (C=O) groups is 1. The average Bonchev–Trinajstić information content (AvgIpc) is 3.35. The van der Waals surface area contributed by atoms with E-state index in [1.165, 1.54) is 34.1 Å². The smallest absolute Gasteiger partial charge is 0.227 e. The maximum atomic E-state index is 12.9. The minimum atomic E-state index is 0.294. The third-order valence-electron chi connectivity index (χ3n) is 7.16. The number of hydrogen-bond acceptors (Lipinski definition) is 3. The Morgan fingerprint density at radius 1 is 1.03 bits per heavy atom. The molecule has 1 fully saturated rings. The van der Waals surface area contributed by atoms with Crippen molar-refractivity contribution in [2.75, 3.05) is 32.7 Å². The summed E-state index contributed by atoms with van der Waals surface area (Å²) in [6.07, 6.45) is 3.65. The molecule has 4 heteroatoms. The molecule has 0 radical (unpaired) electrons. The summed E-state index contributed by atoms with van der Waals surface area (Å²) in [6, 6.07) is 14.9. The van der Waals surface area contributed by atoms with Crippen molar-refractivity contribution < 1.29 is 9.21 Å². The fourth-order valence-corrected chi connectivity index (χ4v) is 5.19. The standard InChI is InChI=1S/C27H32N2O2/c1-19-13-22-8-12-29(27(30)16-24(22)14-20(19)2)18-21-7-10-28(17-21)11-9-25-15-23-5-3-4-6-26(23)31-25/h3-6,13-15,21H,7-12,16-18H2,1-2H3. The van der Waals surface area contributed by atoms with Crippen molar-refractivity contribution in [3.05, 3.63) is 70.5 Å². The lowest BCUT2D eigenvalue weighted by molar-refractivity contribution is -0.130. The van der Waals surface area contributed by atoms with Crippen LogP contribution >= 0.6 is 0 Å². The van der Waals surface area contributed by atoms with Crippen molar-refractivity contribution in [2.45, 2.75) is 39.5 Å². The van der Waals surface area contributed by atoms with Crippen LogP contribution in [0.5, 0.6) is 0 Å². The first-order chi connectivity index (χ1) is 15.0. The summed E-state index contributed by atoms with van der Waals surface area (Å²) in [5.74, 6) is 1.93. The van der Waals surface area contributed by atoms with Crippen LogP contribution in [0.4, 0.5) is 0 Å². The van der Waals surface area contributed by atoms with E-state index < -0.39 is 0 Å². The lowest BCUT2D eigenvalue weighted by Crippen LogP contribution is -2.37. The summed E-state index contributed by atoms with van der Waals surface area (Å²) < 4.78 is 5.97. The van der Waals surface area contributed by atoms with E-state index in [0.717, 1.165) is 56.9 Å². The van der Waals surface area contributed by atoms with Gasteiger partial charge in [0.1, 0.15) is 11.3 Å². The van der Waals surface area contributed by atoms with Crippen molar-refractivity contribution in [1.29, 1.82) is 0 Å². The van der Waals surface area contributed by atoms with E-state index in [2.05, 4.69) is 54.0 Å². The number of furan rings is 1. The van der Waals surface area contributed by atoms with Gasteiger partial charge in [-0.05, 0) is 73.5 Å². The van der Waals surface area contributed by atoms with Gasteiger partial charge in [0.05, 0.1) is 6.42 Å². The minimum Gasteiger partial charge on any atom is -0.461 e. The molecule has 2 aliphatic heterocycles. The second-order valence-corrected chi connectivity index (χ2v) is 9.43. The number of hydrogen-bond donors (Lipinski definition) is 0. The lowest BCUT2D eigenvalue weighted by Gasteiger charge is -2.24. The van der Waals surface area contributed by atoms with E-state index in [-0.39, 0.29) is 0 Å². The molecule has 1 unspecified atom stereocenters. The maximum absolute atomic E-state index is 12.9. The van der Waals surface area contributed by atoms with Gasteiger partial charge in [0, 0.05) is 38.0 Å². The van der Waals surface area contributed by atoms with Gasteiger partial charge in [-0.2, -0.15) is 0 Å². The topological polar surface area (TPSA) is 36.7 Å². The molecule has 0 N–H and O–H groups in total. The Labute approximate surface area is 184 Å². The molecule has 0 spiro atoms. The van der Waals surface area contributed by atoms with E-state index in [0.29, 0.717) is 18.2 Å². The van der Waals surface area contributed by atoms with Gasteiger partial charge < -0.3 is 14.2 Å². The molecule has 2 aromatic carbocycles. The van der Waals surface area contributed by atoms with Crippen LogP contribution < -0.4 is 0 Å². The molecule has 0 bridgehead atoms. The van der Waals surface area contributed by atoms with E-state index >= 15 is 0 Å². The second kappa shape index (κ2) is 8.51. The zero-order valence-electron chi connectivity index (χ0n) is 18.7. The van der Waals surface area contributed by atoms with Crippen LogP contribution in [0.2, 0.25) is 0 Å². The Kier molecular flexibility index (Phi) is 5.58. The summed E-state index contributed by atoms with van der Waals surface area (Å²) in [5, 5.41) is 1.18. The number of carbonyl (C=O) groups excluding carboxylic acids is 1. The van der Waals surface area contributed by atoms with E-state index in [1.54, 1.807) is 0 Å². The molecule has 3 heterocycles. The molecule has 0 saturated carbocycles. The number of aryl methyl sites for hydroxylation is 2. The number of nitrogens with zero attached hydrogens (tertiary/aromatic N) is 2. The fraction of sp³-hybridized carbons (Fsp3) is 0.444. The van der Waals surface area contributed by atoms with Crippen LogP contribution in [0.15, 0.2) is 46.9 Å². The first-order valence-electron chi connectivity index (χ1n) is 11.6. The van der Waals surface area contributed by atoms with Crippen molar-refractivity contribution in [3.8, 4) is 0 Å². The molecule has 3 aromatic rings. The van der Waals surface area contributed by atoms with Crippen molar-refractivity contribution in [2.24, 2.45) is 5.92 Å². The predicted molar refractivity (Wildman–Crippen MR) is 124 cm³/mol. The minimum absolute atomic E-state index is 0.294. The second-order valence-electron chi connectivity index (χ2n) is 9.43. The zero-order valence-corrected chi connectivity index (χ0v) is 18.7. The number of amides is 1. The Morgan fingerprint density at radius 2 is 1.84 bits per heavy atom. The molecule has 31 heavy (non-hydrogen) atoms. The van der Waals surface area contributed by atoms with Gasteiger partial charge in [-0.3, -0.25) is 4.79 Å². The van der Waals surface area contributed by atoms with Gasteiger partial charge in [-0.25, -0.2) is 0 Å². The highest BCUT2D eigenvalue weighted by Gasteiger charge is 2.28. The van der Waals surface area contributed by atoms with Gasteiger partial charge in [-0.15, -0.1) is 0 Å². The normalized spacial score (nSPS) is 19.7. The highest BCUT2D eigenvalue weighted by Crippen LogP contribution is 2.24. The van der Waals surface area contributed by atoms with Crippen LogP contribution in [0.1, 0.15) is 34.4 Å². The molecule has 1 amide bonds. The molecule has 4 nitrogen and oxygen atoms in total. The van der Waals surface area contributed by atoms with Gasteiger partial charge in [0.2, 0.25) is 5.91 Å². The number of likely N-dealkylation sites (tertiary alicyclic amines) is 1. The van der Waals surface area contributed by atoms with Crippen LogP contribution in [0.3, 0.4) is 0 Å². The Hall–Kier alpha value is -2.59. The summed E-state index contributed by atoms with van der Waals surface area (Å²) in [4.78, 5) is 17.6. The molecule has 162 valence electrons. The fourth-order valence-electron chi connectivity index (χ4n) is 5.19. The molecule has 1 saturated heterocycles. The first-order valence-corrected chi connectivity index (χ1v) is 11.6. The highest BCUT2D eigenvalue weighted by molar-refractivity contribution is 5.80. The van der Waals surface area contributed by atoms with Gasteiger partial charge in [0.15, 0.2) is 0 Å². The summed E-state index contributed by atoms with van der Waals surface area (Å²) >= 11 is 0. The third-order valence-corrected chi connectivity index (χ3v) is 7.16. The Bertz CT molecular complexity index is 1070. The van der Waals surface area contributed by atoms with E-state index in [9.17, 15) is 4.79 Å². The monoisotopic (exact) mass is 416 g/mol. The highest BCUT2D eigenvalue weighted by atomic mass is 16.3. The Morgan fingerprint density at radius 3 is 2.68 bits per heavy atom. The SMILES string of the molecule is Cc1cc2c(cc1C)CC(=O)N(CC1CCN(CCc3cc4ccccc4o3)C1)CC2. The van der Waals surface area contributed by atoms with Crippen molar-refractivity contribution >= 4 is 16.9 Å². The third kappa shape index (κ3) is 4.40. The van der Waals surface area contributed by atoms with Crippen LogP contribution in [0.25, 0.3) is 11.0 Å². The molecule has 0 aliphatic carbocycles. The van der Waals surface area contributed by atoms with E-state index in [4.69, 9.17) is 4.42 Å². The lowest BCUT2D eigenvalue weighted by atomic mass is 9.97. The largest absolute Gasteiger partial charge is 0.461 e. The summed E-state index contributed by atoms with van der Waals surface area (Å²) in [5.41, 5.74) is 6.18. The van der Waals surface area contributed by atoms with Gasteiger partial charge >= 0.3 is 0 Å². The quantitative estimate of drug-likeness (QED) is 0.613. The number of benzene rings is 2. The van der Waals surface area contributed by atoms with E-state index in [1.807, 2.05) is 12.1 Å². The number of rotatable bonds is 5. The summed E-state index contributed by atoms with van der Waals surface area (Å²) in [6.45, 7) is 9.27. The van der Waals surface area contributed by atoms with Crippen LogP contribution in [0, 0.1) is 19.8 Å². The number of fused-ring (bicyclic) bond motifs is 2. The van der Waals surface area contributed by atoms with Gasteiger partial charge in [-0.1, -0.05) is 30.3 Å². The average molecular weight is 417 g/mol. The molecular formula is C27H32N2O2. The van der Waals surface area contributed by atoms with Crippen LogP contribution in [-0.2, 0) is 24.1 Å². The molecule has 2 aliphatic rings. The molecule has 5 rings (SSSR count). The Balaban J connectivity index is 1.15. The summed E-state index contributed by atoms with van der Waals surface area (Å²) in [7, 11) is 0. The van der Waals surface area contributed by atoms with Gasteiger partial charge in [0.25, 0.3) is 0 Å². The number of para-hydroxylation sites is 1. The molecule has 1 atom stereocenters. The maximum Gasteiger partial charge on any atom is 0.227 e. The zero-order chi connectivity index (χ0) is 21.4. The van der Waals surface area contributed by atoms with Crippen molar-refractivity contribution in [1.82, 2.24) is 9.80 Å². The van der Waals surface area contributed by atoms with Crippen LogP contribution in [-0.4, -0.2) is 48.4 Å². The molecule has 1 aromatic heterocycles. The first kappa shape index (κ1) is 20.3. The molecular weight excluding hydrogens is 384 g/mol. The predicted octanol–water partition coefficient (Wildman–Crippen LogP) is 4.54.